The van der Waals surface area contributed by atoms with Crippen molar-refractivity contribution < 1.29 is 18.7 Å². The van der Waals surface area contributed by atoms with Gasteiger partial charge >= 0.3 is 5.97 Å². The van der Waals surface area contributed by atoms with Crippen molar-refractivity contribution >= 4 is 23.2 Å². The van der Waals surface area contributed by atoms with Crippen LogP contribution in [-0.2, 0) is 16.0 Å². The number of piperidine rings is 1. The van der Waals surface area contributed by atoms with E-state index in [4.69, 9.17) is 4.74 Å². The van der Waals surface area contributed by atoms with Crippen molar-refractivity contribution in [3.63, 3.8) is 0 Å². The number of carbonyl (C=O) groups excluding carboxylic acids is 2. The maximum absolute atomic E-state index is 13.0. The minimum Gasteiger partial charge on any atom is -0.465 e. The number of hydrogen-bond acceptors (Lipinski definition) is 5. The molecular weight excluding hydrogens is 355 g/mol. The van der Waals surface area contributed by atoms with Gasteiger partial charge in [-0.3, -0.25) is 9.59 Å². The first-order valence-electron chi connectivity index (χ1n) is 8.65. The molecule has 2 heterocycles. The molecule has 1 aromatic carbocycles. The van der Waals surface area contributed by atoms with E-state index in [0.717, 1.165) is 10.6 Å². The van der Waals surface area contributed by atoms with Crippen molar-refractivity contribution in [3.05, 3.63) is 51.7 Å². The zero-order valence-corrected chi connectivity index (χ0v) is 15.4. The maximum atomic E-state index is 13.0. The maximum Gasteiger partial charge on any atom is 0.309 e. The molecule has 0 spiro atoms. The van der Waals surface area contributed by atoms with Crippen LogP contribution >= 0.6 is 11.3 Å². The monoisotopic (exact) mass is 376 g/mol. The minimum absolute atomic E-state index is 0.127. The van der Waals surface area contributed by atoms with Gasteiger partial charge in [-0.1, -0.05) is 0 Å². The molecule has 1 fully saturated rings. The summed E-state index contributed by atoms with van der Waals surface area (Å²) >= 11 is 1.57. The molecule has 0 aliphatic carbocycles. The van der Waals surface area contributed by atoms with Crippen molar-refractivity contribution in [2.24, 2.45) is 5.92 Å². The number of rotatable bonds is 5. The van der Waals surface area contributed by atoms with Crippen LogP contribution in [-0.4, -0.2) is 41.5 Å². The van der Waals surface area contributed by atoms with Crippen LogP contribution in [0.1, 0.15) is 33.8 Å². The van der Waals surface area contributed by atoms with E-state index >= 15 is 0 Å². The molecule has 1 saturated heterocycles. The first-order chi connectivity index (χ1) is 12.5. The van der Waals surface area contributed by atoms with E-state index in [9.17, 15) is 14.0 Å². The van der Waals surface area contributed by atoms with Crippen LogP contribution in [0.15, 0.2) is 29.8 Å². The van der Waals surface area contributed by atoms with Crippen molar-refractivity contribution in [1.82, 2.24) is 9.88 Å². The van der Waals surface area contributed by atoms with Crippen molar-refractivity contribution in [2.45, 2.75) is 26.2 Å². The number of ether oxygens (including phenoxy) is 1. The number of likely N-dealkylation sites (tertiary alicyclic amines) is 1. The lowest BCUT2D eigenvalue weighted by Crippen LogP contribution is -2.40. The van der Waals surface area contributed by atoms with E-state index in [0.29, 0.717) is 44.5 Å². The molecule has 138 valence electrons. The number of halogens is 1. The molecular formula is C19H21FN2O3S. The zero-order chi connectivity index (χ0) is 18.5. The van der Waals surface area contributed by atoms with E-state index in [1.807, 2.05) is 6.92 Å². The molecule has 3 rings (SSSR count). The predicted molar refractivity (Wildman–Crippen MR) is 96.5 cm³/mol. The quantitative estimate of drug-likeness (QED) is 0.752. The number of amides is 1. The Morgan fingerprint density at radius 2 is 1.96 bits per heavy atom. The summed E-state index contributed by atoms with van der Waals surface area (Å²) < 4.78 is 18.4. The van der Waals surface area contributed by atoms with Gasteiger partial charge in [0.2, 0.25) is 0 Å². The molecule has 1 aromatic heterocycles. The fourth-order valence-electron chi connectivity index (χ4n) is 3.02. The zero-order valence-electron chi connectivity index (χ0n) is 14.6. The Morgan fingerprint density at radius 3 is 2.58 bits per heavy atom. The number of aryl methyl sites for hydroxylation is 1. The molecule has 0 atom stereocenters. The number of benzene rings is 1. The smallest absolute Gasteiger partial charge is 0.309 e. The number of nitrogens with zero attached hydrogens (tertiary/aromatic N) is 2. The van der Waals surface area contributed by atoms with Crippen LogP contribution in [0, 0.1) is 18.7 Å². The lowest BCUT2D eigenvalue weighted by Gasteiger charge is -2.31. The highest BCUT2D eigenvalue weighted by atomic mass is 32.1. The van der Waals surface area contributed by atoms with Crippen LogP contribution < -0.4 is 0 Å². The lowest BCUT2D eigenvalue weighted by molar-refractivity contribution is -0.149. The predicted octanol–water partition coefficient (Wildman–Crippen LogP) is 3.23. The van der Waals surface area contributed by atoms with Gasteiger partial charge in [0.05, 0.1) is 23.7 Å². The summed E-state index contributed by atoms with van der Waals surface area (Å²) in [5.41, 5.74) is 3.24. The highest BCUT2D eigenvalue weighted by Crippen LogP contribution is 2.21. The van der Waals surface area contributed by atoms with Crippen LogP contribution in [0.3, 0.4) is 0 Å². The highest BCUT2D eigenvalue weighted by molar-refractivity contribution is 7.09. The molecule has 7 heteroatoms. The van der Waals surface area contributed by atoms with Crippen LogP contribution in [0.2, 0.25) is 0 Å². The van der Waals surface area contributed by atoms with Crippen molar-refractivity contribution in [2.75, 3.05) is 19.7 Å². The van der Waals surface area contributed by atoms with Gasteiger partial charge in [0, 0.05) is 30.0 Å². The van der Waals surface area contributed by atoms with Crippen LogP contribution in [0.4, 0.5) is 4.39 Å². The molecule has 0 radical (unpaired) electrons. The summed E-state index contributed by atoms with van der Waals surface area (Å²) in [6, 6.07) is 5.53. The fourth-order valence-corrected chi connectivity index (χ4v) is 3.78. The third-order valence-electron chi connectivity index (χ3n) is 4.62. The van der Waals surface area contributed by atoms with Gasteiger partial charge in [-0.25, -0.2) is 9.37 Å². The normalized spacial score (nSPS) is 15.1. The largest absolute Gasteiger partial charge is 0.465 e. The molecule has 5 nitrogen and oxygen atoms in total. The number of carbonyl (C=O) groups is 2. The molecule has 0 N–H and O–H groups in total. The SMILES string of the molecule is Cc1ncsc1CCOC(=O)C1CCN(C(=O)c2ccc(F)cc2)CC1. The van der Waals surface area contributed by atoms with E-state index in [1.54, 1.807) is 21.7 Å². The Kier molecular flexibility index (Phi) is 5.98. The molecule has 26 heavy (non-hydrogen) atoms. The molecule has 0 bridgehead atoms. The average molecular weight is 376 g/mol. The number of aromatic nitrogens is 1. The highest BCUT2D eigenvalue weighted by Gasteiger charge is 2.28. The van der Waals surface area contributed by atoms with Gasteiger partial charge in [0.1, 0.15) is 5.82 Å². The standard InChI is InChI=1S/C19H21FN2O3S/c1-13-17(26-12-21-13)8-11-25-19(24)15-6-9-22(10-7-15)18(23)14-2-4-16(20)5-3-14/h2-5,12,15H,6-11H2,1H3. The van der Waals surface area contributed by atoms with Crippen molar-refractivity contribution in [1.29, 1.82) is 0 Å². The van der Waals surface area contributed by atoms with Crippen molar-refractivity contribution in [3.8, 4) is 0 Å². The van der Waals surface area contributed by atoms with Crippen LogP contribution in [0.5, 0.6) is 0 Å². The molecule has 1 aliphatic heterocycles. The van der Waals surface area contributed by atoms with E-state index in [2.05, 4.69) is 4.98 Å². The first-order valence-corrected chi connectivity index (χ1v) is 9.53. The summed E-state index contributed by atoms with van der Waals surface area (Å²) in [4.78, 5) is 31.6. The van der Waals surface area contributed by atoms with Gasteiger partial charge in [0.15, 0.2) is 0 Å². The number of esters is 1. The summed E-state index contributed by atoms with van der Waals surface area (Å²) in [6.07, 6.45) is 1.86. The Bertz CT molecular complexity index is 767. The summed E-state index contributed by atoms with van der Waals surface area (Å²) in [6.45, 7) is 3.31. The Hall–Kier alpha value is -2.28. The third-order valence-corrected chi connectivity index (χ3v) is 5.62. The number of thiazole rings is 1. The van der Waals surface area contributed by atoms with Crippen LogP contribution in [0.25, 0.3) is 0 Å². The molecule has 2 aromatic rings. The second kappa shape index (κ2) is 8.40. The van der Waals surface area contributed by atoms with Gasteiger partial charge in [-0.2, -0.15) is 0 Å². The van der Waals surface area contributed by atoms with E-state index < -0.39 is 0 Å². The second-order valence-electron chi connectivity index (χ2n) is 6.35. The Labute approximate surface area is 155 Å². The molecule has 1 amide bonds. The molecule has 1 aliphatic rings. The van der Waals surface area contributed by atoms with Gasteiger partial charge in [0.25, 0.3) is 5.91 Å². The molecule has 0 unspecified atom stereocenters. The average Bonchev–Trinajstić information content (AvgIpc) is 3.07. The second-order valence-corrected chi connectivity index (χ2v) is 7.29. The first kappa shape index (κ1) is 18.5. The third kappa shape index (κ3) is 4.46. The Balaban J connectivity index is 1.44. The van der Waals surface area contributed by atoms with Gasteiger partial charge < -0.3 is 9.64 Å². The van der Waals surface area contributed by atoms with Gasteiger partial charge in [-0.05, 0) is 44.0 Å². The molecule has 0 saturated carbocycles. The topological polar surface area (TPSA) is 59.5 Å². The Morgan fingerprint density at radius 1 is 1.27 bits per heavy atom. The summed E-state index contributed by atoms with van der Waals surface area (Å²) in [7, 11) is 0. The fraction of sp³-hybridized carbons (Fsp3) is 0.421. The number of hydrogen-bond donors (Lipinski definition) is 0. The summed E-state index contributed by atoms with van der Waals surface area (Å²) in [5, 5.41) is 0. The van der Waals surface area contributed by atoms with Gasteiger partial charge in [-0.15, -0.1) is 11.3 Å². The lowest BCUT2D eigenvalue weighted by atomic mass is 9.96. The van der Waals surface area contributed by atoms with E-state index in [-0.39, 0.29) is 23.6 Å². The minimum atomic E-state index is -0.364. The summed E-state index contributed by atoms with van der Waals surface area (Å²) in [5.74, 6) is -0.857. The van der Waals surface area contributed by atoms with E-state index in [1.165, 1.54) is 24.3 Å².